The van der Waals surface area contributed by atoms with E-state index in [0.29, 0.717) is 5.82 Å². The van der Waals surface area contributed by atoms with Crippen LogP contribution in [0.4, 0.5) is 0 Å². The van der Waals surface area contributed by atoms with Gasteiger partial charge >= 0.3 is 0 Å². The number of furan rings is 1. The molecule has 0 bridgehead atoms. The highest BCUT2D eigenvalue weighted by atomic mass is 16.3. The first kappa shape index (κ1) is 27.5. The van der Waals surface area contributed by atoms with E-state index in [9.17, 15) is 0 Å². The fraction of sp³-hybridized carbons (Fsp3) is 0. The number of hydrogen-bond acceptors (Lipinski definition) is 4. The molecular formula is C45H27N3O. The van der Waals surface area contributed by atoms with Crippen LogP contribution in [0.5, 0.6) is 0 Å². The number of hydrogen-bond donors (Lipinski definition) is 0. The highest BCUT2D eigenvalue weighted by Gasteiger charge is 2.16. The predicted octanol–water partition coefficient (Wildman–Crippen LogP) is 11.9. The summed E-state index contributed by atoms with van der Waals surface area (Å²) in [6, 6.07) is 53.0. The molecule has 0 atom stereocenters. The minimum Gasteiger partial charge on any atom is -0.456 e. The van der Waals surface area contributed by atoms with E-state index >= 15 is 0 Å². The lowest BCUT2D eigenvalue weighted by Gasteiger charge is -2.13. The topological polar surface area (TPSA) is 51.8 Å². The average Bonchev–Trinajstić information content (AvgIpc) is 3.55. The van der Waals surface area contributed by atoms with E-state index in [1.54, 1.807) is 6.20 Å². The molecule has 0 saturated heterocycles. The Balaban J connectivity index is 1.18. The van der Waals surface area contributed by atoms with Crippen molar-refractivity contribution in [1.29, 1.82) is 0 Å². The molecule has 3 aromatic heterocycles. The molecule has 4 nitrogen and oxygen atoms in total. The van der Waals surface area contributed by atoms with Crippen LogP contribution in [-0.2, 0) is 0 Å². The summed E-state index contributed by atoms with van der Waals surface area (Å²) in [4.78, 5) is 14.5. The lowest BCUT2D eigenvalue weighted by Crippen LogP contribution is -1.96. The first-order chi connectivity index (χ1) is 24.3. The standard InChI is InChI=1S/C45H27N3O/c1-2-9-29(10-3-1)41-26-42(48-45(47-41)30-18-16-28(17-19-30)32-11-8-22-46-27-32)31-20-21-35-37(23-31)33-12-4-5-13-34(33)38-24-40-36-14-6-7-15-43(36)49-44(40)25-39(35)38/h1-27H. The number of nitrogens with zero attached hydrogens (tertiary/aromatic N) is 3. The van der Waals surface area contributed by atoms with E-state index < -0.39 is 0 Å². The van der Waals surface area contributed by atoms with Gasteiger partial charge < -0.3 is 4.42 Å². The second kappa shape index (κ2) is 11.0. The maximum absolute atomic E-state index is 6.34. The predicted molar refractivity (Wildman–Crippen MR) is 201 cm³/mol. The van der Waals surface area contributed by atoms with Crippen molar-refractivity contribution in [1.82, 2.24) is 15.0 Å². The van der Waals surface area contributed by atoms with Gasteiger partial charge in [0.05, 0.1) is 11.4 Å². The maximum atomic E-state index is 6.34. The molecule has 228 valence electrons. The summed E-state index contributed by atoms with van der Waals surface area (Å²) >= 11 is 0. The Bertz CT molecular complexity index is 2860. The zero-order valence-corrected chi connectivity index (χ0v) is 26.3. The van der Waals surface area contributed by atoms with Gasteiger partial charge in [0.15, 0.2) is 5.82 Å². The lowest BCUT2D eigenvalue weighted by atomic mass is 9.91. The normalized spacial score (nSPS) is 11.7. The monoisotopic (exact) mass is 625 g/mol. The largest absolute Gasteiger partial charge is 0.456 e. The minimum absolute atomic E-state index is 0.685. The van der Waals surface area contributed by atoms with Gasteiger partial charge in [0, 0.05) is 39.9 Å². The number of pyridine rings is 1. The second-order valence-corrected chi connectivity index (χ2v) is 12.4. The van der Waals surface area contributed by atoms with E-state index in [1.165, 1.54) is 32.3 Å². The summed E-state index contributed by atoms with van der Waals surface area (Å²) in [7, 11) is 0. The summed E-state index contributed by atoms with van der Waals surface area (Å²) in [5.74, 6) is 0.685. The van der Waals surface area contributed by atoms with Gasteiger partial charge in [0.25, 0.3) is 0 Å². The zero-order valence-electron chi connectivity index (χ0n) is 26.3. The third kappa shape index (κ3) is 4.57. The van der Waals surface area contributed by atoms with Gasteiger partial charge in [-0.3, -0.25) is 4.98 Å². The molecule has 0 unspecified atom stereocenters. The van der Waals surface area contributed by atoms with Gasteiger partial charge in [0.1, 0.15) is 11.2 Å². The quantitative estimate of drug-likeness (QED) is 0.183. The summed E-state index contributed by atoms with van der Waals surface area (Å²) < 4.78 is 6.34. The van der Waals surface area contributed by atoms with Crippen LogP contribution in [0.25, 0.3) is 99.3 Å². The SMILES string of the molecule is c1ccc(-c2cc(-c3ccc4c(c3)c3ccccc3c3cc5c(cc43)oc3ccccc35)nc(-c3ccc(-c4cccnc4)cc3)n2)cc1. The van der Waals surface area contributed by atoms with Gasteiger partial charge in [-0.1, -0.05) is 115 Å². The van der Waals surface area contributed by atoms with Crippen LogP contribution in [0.1, 0.15) is 0 Å². The zero-order chi connectivity index (χ0) is 32.3. The Kier molecular flexibility index (Phi) is 6.15. The number of aromatic nitrogens is 3. The molecule has 7 aromatic carbocycles. The molecular weight excluding hydrogens is 599 g/mol. The van der Waals surface area contributed by atoms with E-state index in [2.05, 4.69) is 120 Å². The smallest absolute Gasteiger partial charge is 0.160 e. The van der Waals surface area contributed by atoms with Crippen LogP contribution in [-0.4, -0.2) is 15.0 Å². The van der Waals surface area contributed by atoms with Gasteiger partial charge in [-0.15, -0.1) is 0 Å². The van der Waals surface area contributed by atoms with Crippen molar-refractivity contribution in [2.45, 2.75) is 0 Å². The molecule has 10 aromatic rings. The summed E-state index contributed by atoms with van der Waals surface area (Å²) in [5.41, 5.74) is 8.78. The molecule has 0 aliphatic heterocycles. The van der Waals surface area contributed by atoms with Crippen molar-refractivity contribution in [3.8, 4) is 45.0 Å². The third-order valence-electron chi connectivity index (χ3n) is 9.56. The van der Waals surface area contributed by atoms with Gasteiger partial charge in [-0.05, 0) is 79.8 Å². The van der Waals surface area contributed by atoms with Gasteiger partial charge in [0.2, 0.25) is 0 Å². The maximum Gasteiger partial charge on any atom is 0.160 e. The fourth-order valence-electron chi connectivity index (χ4n) is 7.16. The molecule has 0 saturated carbocycles. The molecule has 0 aliphatic carbocycles. The van der Waals surface area contributed by atoms with E-state index in [1.807, 2.05) is 42.6 Å². The van der Waals surface area contributed by atoms with Crippen LogP contribution < -0.4 is 0 Å². The van der Waals surface area contributed by atoms with Crippen molar-refractivity contribution in [3.63, 3.8) is 0 Å². The number of fused-ring (bicyclic) bond motifs is 9. The number of rotatable bonds is 4. The number of benzene rings is 7. The summed E-state index contributed by atoms with van der Waals surface area (Å²) in [6.07, 6.45) is 3.67. The van der Waals surface area contributed by atoms with Crippen LogP contribution in [0.2, 0.25) is 0 Å². The Morgan fingerprint density at radius 2 is 0.959 bits per heavy atom. The highest BCUT2D eigenvalue weighted by molar-refractivity contribution is 6.28. The first-order valence-electron chi connectivity index (χ1n) is 16.4. The third-order valence-corrected chi connectivity index (χ3v) is 9.56. The van der Waals surface area contributed by atoms with Crippen molar-refractivity contribution in [3.05, 3.63) is 164 Å². The Morgan fingerprint density at radius 1 is 0.347 bits per heavy atom. The first-order valence-corrected chi connectivity index (χ1v) is 16.4. The van der Waals surface area contributed by atoms with E-state index in [-0.39, 0.29) is 0 Å². The number of para-hydroxylation sites is 1. The molecule has 0 fully saturated rings. The van der Waals surface area contributed by atoms with Gasteiger partial charge in [-0.25, -0.2) is 9.97 Å². The van der Waals surface area contributed by atoms with Crippen LogP contribution >= 0.6 is 0 Å². The molecule has 0 N–H and O–H groups in total. The molecule has 0 amide bonds. The van der Waals surface area contributed by atoms with Crippen molar-refractivity contribution >= 4 is 54.3 Å². The average molecular weight is 626 g/mol. The molecule has 0 spiro atoms. The Labute approximate surface area is 282 Å². The molecule has 0 radical (unpaired) electrons. The minimum atomic E-state index is 0.685. The van der Waals surface area contributed by atoms with Crippen molar-refractivity contribution < 1.29 is 4.42 Å². The highest BCUT2D eigenvalue weighted by Crippen LogP contribution is 2.41. The van der Waals surface area contributed by atoms with E-state index in [4.69, 9.17) is 14.4 Å². The van der Waals surface area contributed by atoms with Crippen molar-refractivity contribution in [2.75, 3.05) is 0 Å². The second-order valence-electron chi connectivity index (χ2n) is 12.4. The fourth-order valence-corrected chi connectivity index (χ4v) is 7.16. The summed E-state index contributed by atoms with van der Waals surface area (Å²) in [5, 5.41) is 9.47. The van der Waals surface area contributed by atoms with Crippen molar-refractivity contribution in [2.24, 2.45) is 0 Å². The van der Waals surface area contributed by atoms with Crippen LogP contribution in [0.3, 0.4) is 0 Å². The molecule has 4 heteroatoms. The Morgan fingerprint density at radius 3 is 1.73 bits per heavy atom. The molecule has 0 aliphatic rings. The lowest BCUT2D eigenvalue weighted by molar-refractivity contribution is 0.669. The molecule has 3 heterocycles. The van der Waals surface area contributed by atoms with Crippen LogP contribution in [0.15, 0.2) is 168 Å². The van der Waals surface area contributed by atoms with E-state index in [0.717, 1.165) is 61.1 Å². The van der Waals surface area contributed by atoms with Gasteiger partial charge in [-0.2, -0.15) is 0 Å². The Hall–Kier alpha value is -6.65. The molecule has 49 heavy (non-hydrogen) atoms. The molecule has 10 rings (SSSR count). The van der Waals surface area contributed by atoms with Crippen LogP contribution in [0, 0.1) is 0 Å². The summed E-state index contributed by atoms with van der Waals surface area (Å²) in [6.45, 7) is 0.